The Morgan fingerprint density at radius 2 is 1.80 bits per heavy atom. The maximum atomic E-state index is 10.7. The number of fused-ring (bicyclic) bond motifs is 1. The molecule has 1 N–H and O–H groups in total. The molecule has 1 nitrogen and oxygen atoms in total. The second-order valence-corrected chi connectivity index (χ2v) is 6.87. The lowest BCUT2D eigenvalue weighted by Crippen LogP contribution is -2.14. The molecule has 2 heteroatoms. The van der Waals surface area contributed by atoms with Gasteiger partial charge in [-0.05, 0) is 83.0 Å². The van der Waals surface area contributed by atoms with E-state index in [0.717, 1.165) is 24.8 Å². The van der Waals surface area contributed by atoms with Gasteiger partial charge in [-0.3, -0.25) is 0 Å². The van der Waals surface area contributed by atoms with Crippen LogP contribution in [0, 0.1) is 9.49 Å². The molecule has 0 heterocycles. The third-order valence-corrected chi connectivity index (χ3v) is 4.97. The summed E-state index contributed by atoms with van der Waals surface area (Å²) < 4.78 is 1.26. The Morgan fingerprint density at radius 3 is 2.60 bits per heavy atom. The van der Waals surface area contributed by atoms with Gasteiger partial charge >= 0.3 is 0 Å². The van der Waals surface area contributed by atoms with Crippen LogP contribution in [0.4, 0.5) is 0 Å². The summed E-state index contributed by atoms with van der Waals surface area (Å²) in [5.41, 5.74) is 3.79. The second-order valence-electron chi connectivity index (χ2n) is 5.63. The molecular weight excluding hydrogens is 359 g/mol. The van der Waals surface area contributed by atoms with Crippen molar-refractivity contribution in [3.8, 4) is 0 Å². The smallest absolute Gasteiger partial charge is 0.0824 e. The average Bonchev–Trinajstić information content (AvgIpc) is 2.62. The zero-order chi connectivity index (χ0) is 13.9. The van der Waals surface area contributed by atoms with E-state index in [-0.39, 0.29) is 6.10 Å². The highest BCUT2D eigenvalue weighted by atomic mass is 127. The third-order valence-electron chi connectivity index (χ3n) is 4.25. The summed E-state index contributed by atoms with van der Waals surface area (Å²) in [6.07, 6.45) is 4.00. The second kappa shape index (κ2) is 6.27. The van der Waals surface area contributed by atoms with Crippen molar-refractivity contribution in [1.82, 2.24) is 0 Å². The number of hydrogen-bond acceptors (Lipinski definition) is 1. The summed E-state index contributed by atoms with van der Waals surface area (Å²) in [7, 11) is 0. The van der Waals surface area contributed by atoms with E-state index in [9.17, 15) is 5.11 Å². The number of halogens is 1. The van der Waals surface area contributed by atoms with Gasteiger partial charge in [-0.25, -0.2) is 0 Å². The van der Waals surface area contributed by atoms with Gasteiger partial charge < -0.3 is 5.11 Å². The van der Waals surface area contributed by atoms with E-state index in [2.05, 4.69) is 65.1 Å². The van der Waals surface area contributed by atoms with Gasteiger partial charge in [0.15, 0.2) is 0 Å². The SMILES string of the molecule is OC1c2ccccc2CCCC1Cc1ccc(I)cc1. The zero-order valence-corrected chi connectivity index (χ0v) is 13.6. The molecule has 3 rings (SSSR count). The number of benzene rings is 2. The maximum Gasteiger partial charge on any atom is 0.0824 e. The zero-order valence-electron chi connectivity index (χ0n) is 11.4. The van der Waals surface area contributed by atoms with Crippen molar-refractivity contribution < 1.29 is 5.11 Å². The molecule has 0 aliphatic heterocycles. The van der Waals surface area contributed by atoms with E-state index >= 15 is 0 Å². The summed E-state index contributed by atoms with van der Waals surface area (Å²) in [5.74, 6) is 0.332. The van der Waals surface area contributed by atoms with Crippen LogP contribution in [0.3, 0.4) is 0 Å². The van der Waals surface area contributed by atoms with Gasteiger partial charge in [0.05, 0.1) is 6.10 Å². The minimum atomic E-state index is -0.326. The lowest BCUT2D eigenvalue weighted by atomic mass is 9.88. The largest absolute Gasteiger partial charge is 0.388 e. The standard InChI is InChI=1S/C18H19IO/c19-16-10-8-13(9-11-16)12-15-6-3-5-14-4-1-2-7-17(14)18(15)20/h1-2,4,7-11,15,18,20H,3,5-6,12H2. The van der Waals surface area contributed by atoms with Gasteiger partial charge in [0.25, 0.3) is 0 Å². The summed E-state index contributed by atoms with van der Waals surface area (Å²) in [6, 6.07) is 17.0. The summed E-state index contributed by atoms with van der Waals surface area (Å²) >= 11 is 2.33. The fraction of sp³-hybridized carbons (Fsp3) is 0.333. The number of rotatable bonds is 2. The third kappa shape index (κ3) is 3.07. The van der Waals surface area contributed by atoms with Crippen LogP contribution < -0.4 is 0 Å². The minimum absolute atomic E-state index is 0.326. The molecule has 20 heavy (non-hydrogen) atoms. The first-order chi connectivity index (χ1) is 9.74. The van der Waals surface area contributed by atoms with Crippen LogP contribution in [-0.4, -0.2) is 5.11 Å². The van der Waals surface area contributed by atoms with Crippen LogP contribution >= 0.6 is 22.6 Å². The Balaban J connectivity index is 1.82. The number of aliphatic hydroxyl groups excluding tert-OH is 1. The van der Waals surface area contributed by atoms with Crippen molar-refractivity contribution in [1.29, 1.82) is 0 Å². The van der Waals surface area contributed by atoms with Gasteiger partial charge in [0, 0.05) is 3.57 Å². The van der Waals surface area contributed by atoms with Crippen molar-refractivity contribution in [2.24, 2.45) is 5.92 Å². The van der Waals surface area contributed by atoms with Crippen LogP contribution in [-0.2, 0) is 12.8 Å². The lowest BCUT2D eigenvalue weighted by Gasteiger charge is -2.22. The van der Waals surface area contributed by atoms with Gasteiger partial charge in [0.1, 0.15) is 0 Å². The fourth-order valence-corrected chi connectivity index (χ4v) is 3.51. The Labute approximate surface area is 134 Å². The van der Waals surface area contributed by atoms with Crippen LogP contribution in [0.25, 0.3) is 0 Å². The molecule has 0 saturated heterocycles. The molecule has 0 radical (unpaired) electrons. The molecule has 2 atom stereocenters. The summed E-state index contributed by atoms with van der Waals surface area (Å²) in [4.78, 5) is 0. The van der Waals surface area contributed by atoms with Crippen LogP contribution in [0.2, 0.25) is 0 Å². The molecule has 0 fully saturated rings. The van der Waals surface area contributed by atoms with Crippen molar-refractivity contribution in [3.05, 3.63) is 68.8 Å². The van der Waals surface area contributed by atoms with Crippen LogP contribution in [0.15, 0.2) is 48.5 Å². The molecule has 0 aromatic heterocycles. The van der Waals surface area contributed by atoms with Crippen LogP contribution in [0.5, 0.6) is 0 Å². The van der Waals surface area contributed by atoms with Gasteiger partial charge in [-0.1, -0.05) is 36.4 Å². The normalized spacial score (nSPS) is 22.1. The predicted octanol–water partition coefficient (Wildman–Crippen LogP) is 4.52. The first-order valence-electron chi connectivity index (χ1n) is 7.24. The molecule has 2 aromatic rings. The molecule has 2 unspecified atom stereocenters. The van der Waals surface area contributed by atoms with Crippen molar-refractivity contribution in [3.63, 3.8) is 0 Å². The van der Waals surface area contributed by atoms with Gasteiger partial charge in [0.2, 0.25) is 0 Å². The molecular formula is C18H19IO. The number of hydrogen-bond donors (Lipinski definition) is 1. The minimum Gasteiger partial charge on any atom is -0.388 e. The van der Waals surface area contributed by atoms with E-state index in [4.69, 9.17) is 0 Å². The monoisotopic (exact) mass is 378 g/mol. The van der Waals surface area contributed by atoms with E-state index in [1.807, 2.05) is 6.07 Å². The van der Waals surface area contributed by atoms with E-state index in [1.54, 1.807) is 0 Å². The quantitative estimate of drug-likeness (QED) is 0.602. The Bertz CT molecular complexity index is 576. The Hall–Kier alpha value is -0.870. The van der Waals surface area contributed by atoms with Crippen LogP contribution in [0.1, 0.15) is 35.6 Å². The predicted molar refractivity (Wildman–Crippen MR) is 90.7 cm³/mol. The molecule has 0 spiro atoms. The molecule has 2 aromatic carbocycles. The topological polar surface area (TPSA) is 20.2 Å². The van der Waals surface area contributed by atoms with Crippen molar-refractivity contribution >= 4 is 22.6 Å². The van der Waals surface area contributed by atoms with E-state index in [0.29, 0.717) is 5.92 Å². The summed E-state index contributed by atoms with van der Waals surface area (Å²) in [5, 5.41) is 10.7. The highest BCUT2D eigenvalue weighted by molar-refractivity contribution is 14.1. The summed E-state index contributed by atoms with van der Waals surface area (Å²) in [6.45, 7) is 0. The molecule has 0 amide bonds. The fourth-order valence-electron chi connectivity index (χ4n) is 3.15. The first-order valence-corrected chi connectivity index (χ1v) is 8.32. The molecule has 104 valence electrons. The highest BCUT2D eigenvalue weighted by Crippen LogP contribution is 2.35. The van der Waals surface area contributed by atoms with Gasteiger partial charge in [-0.15, -0.1) is 0 Å². The lowest BCUT2D eigenvalue weighted by molar-refractivity contribution is 0.105. The Morgan fingerprint density at radius 1 is 1.05 bits per heavy atom. The molecule has 0 saturated carbocycles. The number of aryl methyl sites for hydroxylation is 1. The highest BCUT2D eigenvalue weighted by Gasteiger charge is 2.25. The molecule has 1 aliphatic rings. The molecule has 1 aliphatic carbocycles. The maximum absolute atomic E-state index is 10.7. The van der Waals surface area contributed by atoms with Gasteiger partial charge in [-0.2, -0.15) is 0 Å². The van der Waals surface area contributed by atoms with E-state index in [1.165, 1.54) is 21.1 Å². The van der Waals surface area contributed by atoms with Crippen molar-refractivity contribution in [2.75, 3.05) is 0 Å². The van der Waals surface area contributed by atoms with E-state index < -0.39 is 0 Å². The molecule has 0 bridgehead atoms. The average molecular weight is 378 g/mol. The first kappa shape index (κ1) is 14.1. The Kier molecular flexibility index (Phi) is 4.41. The van der Waals surface area contributed by atoms with Crippen molar-refractivity contribution in [2.45, 2.75) is 31.8 Å². The number of aliphatic hydroxyl groups is 1.